The van der Waals surface area contributed by atoms with Crippen LogP contribution in [0.5, 0.6) is 0 Å². The second-order valence-corrected chi connectivity index (χ2v) is 6.98. The van der Waals surface area contributed by atoms with E-state index < -0.39 is 0 Å². The Morgan fingerprint density at radius 1 is 1.23 bits per heavy atom. The van der Waals surface area contributed by atoms with Gasteiger partial charge in [0.05, 0.1) is 6.54 Å². The fraction of sp³-hybridized carbons (Fsp3) is 0.500. The number of piperazine rings is 1. The van der Waals surface area contributed by atoms with Crippen molar-refractivity contribution in [1.82, 2.24) is 15.1 Å². The molecule has 6 nitrogen and oxygen atoms in total. The van der Waals surface area contributed by atoms with Crippen LogP contribution in [0.4, 0.5) is 10.5 Å². The Morgan fingerprint density at radius 2 is 1.92 bits per heavy atom. The number of nitrogens with zero attached hydrogens (tertiary/aromatic N) is 2. The molecule has 1 heterocycles. The number of rotatable bonds is 6. The smallest absolute Gasteiger partial charge is 0.321 e. The van der Waals surface area contributed by atoms with Crippen LogP contribution in [0, 0.1) is 6.92 Å². The zero-order chi connectivity index (χ0) is 19.1. The lowest BCUT2D eigenvalue weighted by atomic mass is 9.98. The summed E-state index contributed by atoms with van der Waals surface area (Å²) in [5.41, 5.74) is 3.14. The summed E-state index contributed by atoms with van der Waals surface area (Å²) in [5, 5.41) is 5.87. The number of anilines is 1. The number of carbonyl (C=O) groups excluding carboxylic acids is 2. The molecule has 0 aliphatic carbocycles. The van der Waals surface area contributed by atoms with E-state index in [1.54, 1.807) is 6.08 Å². The molecule has 2 rings (SSSR count). The first-order valence-electron chi connectivity index (χ1n) is 9.17. The molecule has 0 bridgehead atoms. The summed E-state index contributed by atoms with van der Waals surface area (Å²) in [6.07, 6.45) is 1.66. The summed E-state index contributed by atoms with van der Waals surface area (Å²) in [7, 11) is 0. The maximum absolute atomic E-state index is 12.7. The van der Waals surface area contributed by atoms with E-state index in [9.17, 15) is 9.59 Å². The Hall–Kier alpha value is -2.34. The minimum absolute atomic E-state index is 0.00992. The summed E-state index contributed by atoms with van der Waals surface area (Å²) in [6, 6.07) is 6.03. The van der Waals surface area contributed by atoms with Gasteiger partial charge in [0.25, 0.3) is 0 Å². The molecule has 1 saturated heterocycles. The van der Waals surface area contributed by atoms with Crippen LogP contribution < -0.4 is 10.6 Å². The highest BCUT2D eigenvalue weighted by Gasteiger charge is 2.23. The largest absolute Gasteiger partial charge is 0.352 e. The van der Waals surface area contributed by atoms with E-state index in [1.807, 2.05) is 24.0 Å². The molecule has 2 N–H and O–H groups in total. The van der Waals surface area contributed by atoms with Gasteiger partial charge >= 0.3 is 6.03 Å². The van der Waals surface area contributed by atoms with Crippen LogP contribution in [0.15, 0.2) is 30.9 Å². The lowest BCUT2D eigenvalue weighted by molar-refractivity contribution is -0.122. The van der Waals surface area contributed by atoms with Gasteiger partial charge in [0, 0.05) is 38.4 Å². The molecule has 0 aromatic heterocycles. The molecule has 1 aromatic carbocycles. The average molecular weight is 358 g/mol. The topological polar surface area (TPSA) is 64.7 Å². The first-order chi connectivity index (χ1) is 12.4. The Morgan fingerprint density at radius 3 is 2.54 bits per heavy atom. The first kappa shape index (κ1) is 20.0. The lowest BCUT2D eigenvalue weighted by Gasteiger charge is -2.34. The highest BCUT2D eigenvalue weighted by Crippen LogP contribution is 2.27. The third kappa shape index (κ3) is 5.33. The van der Waals surface area contributed by atoms with Gasteiger partial charge in [0.15, 0.2) is 0 Å². The molecule has 0 atom stereocenters. The van der Waals surface area contributed by atoms with Gasteiger partial charge in [-0.25, -0.2) is 4.79 Å². The van der Waals surface area contributed by atoms with Crippen LogP contribution in [0.3, 0.4) is 0 Å². The number of hydrogen-bond donors (Lipinski definition) is 2. The van der Waals surface area contributed by atoms with Crippen molar-refractivity contribution in [3.63, 3.8) is 0 Å². The summed E-state index contributed by atoms with van der Waals surface area (Å²) in [5.74, 6) is 0.334. The van der Waals surface area contributed by atoms with Crippen molar-refractivity contribution in [3.8, 4) is 0 Å². The van der Waals surface area contributed by atoms with Gasteiger partial charge in [0.1, 0.15) is 0 Å². The maximum Gasteiger partial charge on any atom is 0.321 e. The number of hydrogen-bond acceptors (Lipinski definition) is 3. The van der Waals surface area contributed by atoms with E-state index in [0.29, 0.717) is 45.2 Å². The van der Waals surface area contributed by atoms with Crippen LogP contribution in [-0.4, -0.2) is 61.0 Å². The highest BCUT2D eigenvalue weighted by atomic mass is 16.2. The Labute approximate surface area is 156 Å². The molecular weight excluding hydrogens is 328 g/mol. The molecule has 0 spiro atoms. The third-order valence-corrected chi connectivity index (χ3v) is 4.63. The molecule has 6 heteroatoms. The molecule has 142 valence electrons. The number of urea groups is 1. The molecule has 1 aliphatic heterocycles. The quantitative estimate of drug-likeness (QED) is 0.768. The number of benzene rings is 1. The van der Waals surface area contributed by atoms with E-state index in [1.165, 1.54) is 0 Å². The van der Waals surface area contributed by atoms with Crippen molar-refractivity contribution in [2.75, 3.05) is 44.6 Å². The lowest BCUT2D eigenvalue weighted by Crippen LogP contribution is -2.52. The van der Waals surface area contributed by atoms with Crippen LogP contribution >= 0.6 is 0 Å². The van der Waals surface area contributed by atoms with Crippen LogP contribution in [0.2, 0.25) is 0 Å². The van der Waals surface area contributed by atoms with E-state index in [4.69, 9.17) is 0 Å². The molecule has 3 amide bonds. The summed E-state index contributed by atoms with van der Waals surface area (Å²) < 4.78 is 0. The molecule has 0 radical (unpaired) electrons. The van der Waals surface area contributed by atoms with E-state index in [0.717, 1.165) is 16.8 Å². The van der Waals surface area contributed by atoms with Gasteiger partial charge in [-0.1, -0.05) is 38.1 Å². The van der Waals surface area contributed by atoms with Gasteiger partial charge in [0.2, 0.25) is 5.91 Å². The van der Waals surface area contributed by atoms with Crippen LogP contribution in [-0.2, 0) is 4.79 Å². The number of aryl methyl sites for hydroxylation is 1. The molecule has 26 heavy (non-hydrogen) atoms. The van der Waals surface area contributed by atoms with E-state index in [2.05, 4.69) is 42.0 Å². The van der Waals surface area contributed by atoms with Crippen molar-refractivity contribution in [1.29, 1.82) is 0 Å². The Bertz CT molecular complexity index is 649. The average Bonchev–Trinajstić information content (AvgIpc) is 2.62. The Kier molecular flexibility index (Phi) is 7.21. The minimum atomic E-state index is -0.0723. The fourth-order valence-electron chi connectivity index (χ4n) is 3.08. The first-order valence-corrected chi connectivity index (χ1v) is 9.17. The molecular formula is C20H30N4O2. The van der Waals surface area contributed by atoms with Crippen LogP contribution in [0.25, 0.3) is 0 Å². The van der Waals surface area contributed by atoms with Gasteiger partial charge in [-0.2, -0.15) is 0 Å². The summed E-state index contributed by atoms with van der Waals surface area (Å²) in [4.78, 5) is 28.3. The van der Waals surface area contributed by atoms with Gasteiger partial charge < -0.3 is 15.5 Å². The SMILES string of the molecule is C=CCNC(=O)CN1CCN(C(=O)Nc2c(C)cccc2C(C)C)CC1. The van der Waals surface area contributed by atoms with Crippen molar-refractivity contribution in [2.45, 2.75) is 26.7 Å². The van der Waals surface area contributed by atoms with Crippen LogP contribution in [0.1, 0.15) is 30.9 Å². The van der Waals surface area contributed by atoms with Crippen molar-refractivity contribution < 1.29 is 9.59 Å². The van der Waals surface area contributed by atoms with Gasteiger partial charge in [-0.15, -0.1) is 6.58 Å². The van der Waals surface area contributed by atoms with Crippen molar-refractivity contribution in [3.05, 3.63) is 42.0 Å². The van der Waals surface area contributed by atoms with E-state index in [-0.39, 0.29) is 11.9 Å². The molecule has 1 aromatic rings. The van der Waals surface area contributed by atoms with Crippen molar-refractivity contribution >= 4 is 17.6 Å². The number of nitrogens with one attached hydrogen (secondary N) is 2. The highest BCUT2D eigenvalue weighted by molar-refractivity contribution is 5.91. The van der Waals surface area contributed by atoms with E-state index >= 15 is 0 Å². The number of para-hydroxylation sites is 1. The Balaban J connectivity index is 1.89. The minimum Gasteiger partial charge on any atom is -0.352 e. The summed E-state index contributed by atoms with van der Waals surface area (Å²) >= 11 is 0. The number of amides is 3. The van der Waals surface area contributed by atoms with Gasteiger partial charge in [-0.05, 0) is 24.0 Å². The molecule has 1 aliphatic rings. The third-order valence-electron chi connectivity index (χ3n) is 4.63. The zero-order valence-electron chi connectivity index (χ0n) is 16.0. The number of carbonyl (C=O) groups is 2. The summed E-state index contributed by atoms with van der Waals surface area (Å²) in [6.45, 7) is 13.3. The fourth-order valence-corrected chi connectivity index (χ4v) is 3.08. The normalized spacial score (nSPS) is 15.0. The second-order valence-electron chi connectivity index (χ2n) is 6.98. The standard InChI is InChI=1S/C20H30N4O2/c1-5-9-21-18(25)14-23-10-12-24(13-11-23)20(26)22-19-16(4)7-6-8-17(19)15(2)3/h5-8,15H,1,9-14H2,2-4H3,(H,21,25)(H,22,26). The molecule has 1 fully saturated rings. The predicted octanol–water partition coefficient (Wildman–Crippen LogP) is 2.57. The monoisotopic (exact) mass is 358 g/mol. The zero-order valence-corrected chi connectivity index (χ0v) is 16.0. The predicted molar refractivity (Wildman–Crippen MR) is 106 cm³/mol. The molecule has 0 saturated carbocycles. The second kappa shape index (κ2) is 9.38. The van der Waals surface area contributed by atoms with Crippen molar-refractivity contribution in [2.24, 2.45) is 0 Å². The molecule has 0 unspecified atom stereocenters. The maximum atomic E-state index is 12.7. The van der Waals surface area contributed by atoms with Gasteiger partial charge in [-0.3, -0.25) is 9.69 Å².